The molecular weight excluding hydrogens is 270 g/mol. The van der Waals surface area contributed by atoms with Crippen LogP contribution in [0.1, 0.15) is 30.3 Å². The van der Waals surface area contributed by atoms with Gasteiger partial charge in [0.1, 0.15) is 5.01 Å². The molecule has 0 fully saturated rings. The molecule has 0 aliphatic heterocycles. The maximum Gasteiger partial charge on any atom is 0.124 e. The highest BCUT2D eigenvalue weighted by Crippen LogP contribution is 2.31. The van der Waals surface area contributed by atoms with E-state index in [1.165, 1.54) is 10.6 Å². The molecule has 0 saturated heterocycles. The molecule has 2 rings (SSSR count). The molecule has 0 bridgehead atoms. The topological polar surface area (TPSA) is 47.0 Å². The Kier molecular flexibility index (Phi) is 5.64. The van der Waals surface area contributed by atoms with Crippen molar-refractivity contribution in [2.24, 2.45) is 0 Å². The van der Waals surface area contributed by atoms with E-state index < -0.39 is 0 Å². The van der Waals surface area contributed by atoms with E-state index in [9.17, 15) is 0 Å². The van der Waals surface area contributed by atoms with E-state index in [2.05, 4.69) is 24.1 Å². The fraction of sp³-hybridized carbons (Fsp3) is 0.467. The van der Waals surface area contributed by atoms with E-state index in [4.69, 9.17) is 9.72 Å². The van der Waals surface area contributed by atoms with Crippen LogP contribution in [0.25, 0.3) is 10.6 Å². The molecule has 0 saturated carbocycles. The van der Waals surface area contributed by atoms with Crippen LogP contribution < -0.4 is 5.32 Å². The summed E-state index contributed by atoms with van der Waals surface area (Å²) in [6.07, 6.45) is 3.62. The van der Waals surface area contributed by atoms with Crippen LogP contribution in [-0.2, 0) is 11.3 Å². The minimum atomic E-state index is 0.432. The van der Waals surface area contributed by atoms with Gasteiger partial charge in [-0.05, 0) is 18.1 Å². The largest absolute Gasteiger partial charge is 0.383 e. The van der Waals surface area contributed by atoms with Gasteiger partial charge in [0.25, 0.3) is 0 Å². The van der Waals surface area contributed by atoms with Crippen molar-refractivity contribution < 1.29 is 4.74 Å². The Hall–Kier alpha value is -1.30. The van der Waals surface area contributed by atoms with E-state index in [-0.39, 0.29) is 0 Å². The van der Waals surface area contributed by atoms with E-state index in [0.717, 1.165) is 30.3 Å². The lowest BCUT2D eigenvalue weighted by molar-refractivity contribution is 0.199. The highest BCUT2D eigenvalue weighted by molar-refractivity contribution is 7.15. The molecule has 1 N–H and O–H groups in total. The Labute approximate surface area is 124 Å². The van der Waals surface area contributed by atoms with Gasteiger partial charge in [-0.2, -0.15) is 0 Å². The first-order valence-corrected chi connectivity index (χ1v) is 7.63. The van der Waals surface area contributed by atoms with E-state index in [0.29, 0.717) is 5.92 Å². The highest BCUT2D eigenvalue weighted by atomic mass is 32.1. The van der Waals surface area contributed by atoms with Crippen molar-refractivity contribution in [2.45, 2.75) is 26.3 Å². The Bertz CT molecular complexity index is 525. The van der Waals surface area contributed by atoms with Crippen LogP contribution in [0.3, 0.4) is 0 Å². The summed E-state index contributed by atoms with van der Waals surface area (Å²) in [7, 11) is 1.72. The Balaban J connectivity index is 2.16. The third-order valence-corrected chi connectivity index (χ3v) is 4.09. The van der Waals surface area contributed by atoms with Gasteiger partial charge in [-0.1, -0.05) is 13.8 Å². The molecular formula is C15H21N3OS. The van der Waals surface area contributed by atoms with Crippen molar-refractivity contribution in [3.63, 3.8) is 0 Å². The average molecular weight is 291 g/mol. The van der Waals surface area contributed by atoms with Crippen molar-refractivity contribution >= 4 is 11.3 Å². The maximum absolute atomic E-state index is 5.05. The van der Waals surface area contributed by atoms with Crippen LogP contribution in [0.4, 0.5) is 0 Å². The monoisotopic (exact) mass is 291 g/mol. The third kappa shape index (κ3) is 3.85. The van der Waals surface area contributed by atoms with Crippen LogP contribution in [-0.4, -0.2) is 30.2 Å². The summed E-state index contributed by atoms with van der Waals surface area (Å²) in [4.78, 5) is 10.2. The van der Waals surface area contributed by atoms with Gasteiger partial charge >= 0.3 is 0 Å². The zero-order chi connectivity index (χ0) is 14.4. The smallest absolute Gasteiger partial charge is 0.124 e. The first kappa shape index (κ1) is 15.1. The van der Waals surface area contributed by atoms with Gasteiger partial charge in [-0.3, -0.25) is 4.98 Å². The first-order valence-electron chi connectivity index (χ1n) is 6.82. The normalized spacial score (nSPS) is 11.2. The quantitative estimate of drug-likeness (QED) is 0.796. The molecule has 4 nitrogen and oxygen atoms in total. The van der Waals surface area contributed by atoms with Gasteiger partial charge in [-0.15, -0.1) is 11.3 Å². The molecule has 0 amide bonds. The lowest BCUT2D eigenvalue weighted by Gasteiger charge is -2.06. The average Bonchev–Trinajstić information content (AvgIpc) is 2.89. The van der Waals surface area contributed by atoms with Crippen molar-refractivity contribution in [1.29, 1.82) is 0 Å². The standard InChI is InChI=1S/C15H21N3OS/c1-11(2)14-13(10-17-8-9-19-3)20-15(18-14)12-4-6-16-7-5-12/h4-7,11,17H,8-10H2,1-3H3. The van der Waals surface area contributed by atoms with Gasteiger partial charge < -0.3 is 10.1 Å². The first-order chi connectivity index (χ1) is 9.72. The molecule has 0 aliphatic rings. The number of hydrogen-bond donors (Lipinski definition) is 1. The molecule has 0 spiro atoms. The second kappa shape index (κ2) is 7.47. The number of nitrogens with zero attached hydrogens (tertiary/aromatic N) is 2. The van der Waals surface area contributed by atoms with Crippen molar-refractivity contribution in [3.8, 4) is 10.6 Å². The zero-order valence-corrected chi connectivity index (χ0v) is 13.0. The molecule has 2 aromatic heterocycles. The van der Waals surface area contributed by atoms with Crippen LogP contribution in [0.2, 0.25) is 0 Å². The summed E-state index contributed by atoms with van der Waals surface area (Å²) in [5.74, 6) is 0.432. The number of nitrogens with one attached hydrogen (secondary N) is 1. The number of hydrogen-bond acceptors (Lipinski definition) is 5. The van der Waals surface area contributed by atoms with Gasteiger partial charge in [0.15, 0.2) is 0 Å². The van der Waals surface area contributed by atoms with E-state index in [1.807, 2.05) is 24.5 Å². The number of pyridine rings is 1. The molecule has 0 aromatic carbocycles. The summed E-state index contributed by atoms with van der Waals surface area (Å²) in [6, 6.07) is 4.01. The summed E-state index contributed by atoms with van der Waals surface area (Å²) >= 11 is 1.76. The van der Waals surface area contributed by atoms with Crippen molar-refractivity contribution in [3.05, 3.63) is 35.1 Å². The highest BCUT2D eigenvalue weighted by Gasteiger charge is 2.14. The van der Waals surface area contributed by atoms with Crippen LogP contribution in [0.15, 0.2) is 24.5 Å². The molecule has 108 valence electrons. The number of aromatic nitrogens is 2. The Morgan fingerprint density at radius 2 is 2.05 bits per heavy atom. The lowest BCUT2D eigenvalue weighted by atomic mass is 10.1. The Morgan fingerprint density at radius 1 is 1.30 bits per heavy atom. The summed E-state index contributed by atoms with van der Waals surface area (Å²) in [5, 5.41) is 4.46. The SMILES string of the molecule is COCCNCc1sc(-c2ccncc2)nc1C(C)C. The Morgan fingerprint density at radius 3 is 2.70 bits per heavy atom. The molecule has 5 heteroatoms. The van der Waals surface area contributed by atoms with Crippen LogP contribution in [0, 0.1) is 0 Å². The minimum Gasteiger partial charge on any atom is -0.383 e. The molecule has 0 unspecified atom stereocenters. The lowest BCUT2D eigenvalue weighted by Crippen LogP contribution is -2.18. The minimum absolute atomic E-state index is 0.432. The van der Waals surface area contributed by atoms with Gasteiger partial charge in [0, 0.05) is 43.0 Å². The predicted octanol–water partition coefficient (Wildman–Crippen LogP) is 3.06. The van der Waals surface area contributed by atoms with Gasteiger partial charge in [0.2, 0.25) is 0 Å². The molecule has 2 heterocycles. The van der Waals surface area contributed by atoms with Crippen molar-refractivity contribution in [1.82, 2.24) is 15.3 Å². The van der Waals surface area contributed by atoms with Crippen LogP contribution >= 0.6 is 11.3 Å². The van der Waals surface area contributed by atoms with Crippen molar-refractivity contribution in [2.75, 3.05) is 20.3 Å². The predicted molar refractivity (Wildman–Crippen MR) is 83.0 cm³/mol. The molecule has 0 atom stereocenters. The number of ether oxygens (including phenoxy) is 1. The fourth-order valence-corrected chi connectivity index (χ4v) is 3.13. The maximum atomic E-state index is 5.05. The van der Waals surface area contributed by atoms with Gasteiger partial charge in [-0.25, -0.2) is 4.98 Å². The third-order valence-electron chi connectivity index (χ3n) is 2.97. The fourth-order valence-electron chi connectivity index (χ4n) is 1.94. The summed E-state index contributed by atoms with van der Waals surface area (Å²) < 4.78 is 5.05. The second-order valence-electron chi connectivity index (χ2n) is 4.89. The summed E-state index contributed by atoms with van der Waals surface area (Å²) in [6.45, 7) is 6.80. The zero-order valence-electron chi connectivity index (χ0n) is 12.2. The van der Waals surface area contributed by atoms with Crippen LogP contribution in [0.5, 0.6) is 0 Å². The number of methoxy groups -OCH3 is 1. The molecule has 0 radical (unpaired) electrons. The summed E-state index contributed by atoms with van der Waals surface area (Å²) in [5.41, 5.74) is 2.32. The van der Waals surface area contributed by atoms with E-state index >= 15 is 0 Å². The second-order valence-corrected chi connectivity index (χ2v) is 5.97. The number of rotatable bonds is 7. The molecule has 2 aromatic rings. The molecule has 20 heavy (non-hydrogen) atoms. The van der Waals surface area contributed by atoms with Gasteiger partial charge in [0.05, 0.1) is 12.3 Å². The number of thiazole rings is 1. The van der Waals surface area contributed by atoms with E-state index in [1.54, 1.807) is 18.4 Å². The molecule has 0 aliphatic carbocycles.